The van der Waals surface area contributed by atoms with E-state index in [0.717, 1.165) is 96.3 Å². The summed E-state index contributed by atoms with van der Waals surface area (Å²) in [6.45, 7) is 4.56. The Morgan fingerprint density at radius 1 is 0.514 bits per heavy atom. The van der Waals surface area contributed by atoms with Gasteiger partial charge in [-0.1, -0.05) is 232 Å². The third kappa shape index (κ3) is 52.7. The first-order valence-corrected chi connectivity index (χ1v) is 29.3. The Kier molecular flexibility index (Phi) is 48.6. The lowest BCUT2D eigenvalue weighted by atomic mass is 10.0. The fraction of sp³-hybridized carbons (Fsp3) is 0.656. The predicted molar refractivity (Wildman–Crippen MR) is 302 cm³/mol. The van der Waals surface area contributed by atoms with Crippen LogP contribution < -0.4 is 10.2 Å². The van der Waals surface area contributed by atoms with Crippen molar-refractivity contribution in [2.75, 3.05) is 40.9 Å². The lowest BCUT2D eigenvalue weighted by Crippen LogP contribution is -2.46. The molecule has 0 aromatic carbocycles. The zero-order valence-corrected chi connectivity index (χ0v) is 46.3. The van der Waals surface area contributed by atoms with Crippen molar-refractivity contribution in [2.24, 2.45) is 0 Å². The maximum absolute atomic E-state index is 12.9. The van der Waals surface area contributed by atoms with Crippen LogP contribution in [-0.2, 0) is 18.4 Å². The number of allylic oxidation sites excluding steroid dienone is 20. The van der Waals surface area contributed by atoms with E-state index in [0.29, 0.717) is 30.3 Å². The molecule has 400 valence electrons. The summed E-state index contributed by atoms with van der Waals surface area (Å²) in [5, 5.41) is 13.9. The van der Waals surface area contributed by atoms with Gasteiger partial charge in [-0.05, 0) is 89.9 Å². The highest BCUT2D eigenvalue weighted by Crippen LogP contribution is 2.38. The first-order chi connectivity index (χ1) is 34.0. The highest BCUT2D eigenvalue weighted by atomic mass is 31.2. The molecule has 0 saturated carbocycles. The van der Waals surface area contributed by atoms with Crippen LogP contribution >= 0.6 is 7.82 Å². The second kappa shape index (κ2) is 50.8. The number of phosphoric acid groups is 1. The van der Waals surface area contributed by atoms with E-state index in [2.05, 4.69) is 141 Å². The van der Waals surface area contributed by atoms with Gasteiger partial charge in [-0.25, -0.2) is 0 Å². The molecule has 0 aliphatic carbocycles. The Balaban J connectivity index is 4.30. The Hall–Kier alpha value is -3.10. The van der Waals surface area contributed by atoms with Gasteiger partial charge in [0.2, 0.25) is 5.91 Å². The maximum Gasteiger partial charge on any atom is 0.268 e. The topological polar surface area (TPSA) is 108 Å². The predicted octanol–water partition coefficient (Wildman–Crippen LogP) is 16.3. The standard InChI is InChI=1S/C61H105N2O6P/c1-6-8-10-12-14-16-18-20-22-23-24-25-26-27-28-29-30-31-32-33-34-35-36-37-38-39-41-43-45-47-49-51-53-55-61(65)62-59(58-69-70(66,67)68-57-56-63(3,4)5)60(64)54-52-50-48-46-44-42-40-21-19-17-15-13-11-9-7-2/h8,10,14,16,20,22,24-25,27-28,30-31,33-34,36-37,39,41,45,47,59-60,64H,6-7,9,11-13,15,17-19,21,23,26,29,32,35,38,40,42-44,46,48-58H2,1-5H3,(H-,62,65,66,67)/b10-8-,16-14-,22-20-,25-24-,28-27-,31-30-,34-33-,37-36-,41-39-,47-45-. The van der Waals surface area contributed by atoms with Crippen LogP contribution in [-0.4, -0.2) is 68.5 Å². The minimum atomic E-state index is -4.59. The van der Waals surface area contributed by atoms with Gasteiger partial charge in [0, 0.05) is 6.42 Å². The average Bonchev–Trinajstić information content (AvgIpc) is 3.32. The van der Waals surface area contributed by atoms with Crippen molar-refractivity contribution >= 4 is 13.7 Å². The molecule has 0 spiro atoms. The largest absolute Gasteiger partial charge is 0.756 e. The molecule has 9 heteroatoms. The molecule has 3 atom stereocenters. The Morgan fingerprint density at radius 3 is 1.24 bits per heavy atom. The number of aliphatic hydroxyl groups is 1. The van der Waals surface area contributed by atoms with Gasteiger partial charge in [0.1, 0.15) is 13.2 Å². The third-order valence-corrected chi connectivity index (χ3v) is 12.7. The normalized spacial score (nSPS) is 14.9. The summed E-state index contributed by atoms with van der Waals surface area (Å²) in [5.74, 6) is -0.212. The van der Waals surface area contributed by atoms with Crippen molar-refractivity contribution in [3.63, 3.8) is 0 Å². The van der Waals surface area contributed by atoms with E-state index < -0.39 is 20.0 Å². The number of likely N-dealkylation sites (N-methyl/N-ethyl adjacent to an activating group) is 1. The van der Waals surface area contributed by atoms with E-state index in [1.54, 1.807) is 0 Å². The van der Waals surface area contributed by atoms with Gasteiger partial charge in [-0.2, -0.15) is 0 Å². The van der Waals surface area contributed by atoms with E-state index in [1.165, 1.54) is 77.0 Å². The minimum absolute atomic E-state index is 0.00317. The third-order valence-electron chi connectivity index (χ3n) is 11.7. The number of quaternary nitrogens is 1. The van der Waals surface area contributed by atoms with E-state index in [1.807, 2.05) is 21.1 Å². The molecule has 8 nitrogen and oxygen atoms in total. The number of carbonyl (C=O) groups excluding carboxylic acids is 1. The second-order valence-corrected chi connectivity index (χ2v) is 21.0. The lowest BCUT2D eigenvalue weighted by Gasteiger charge is -2.30. The first kappa shape index (κ1) is 66.9. The maximum atomic E-state index is 12.9. The summed E-state index contributed by atoms with van der Waals surface area (Å²) in [6.07, 6.45) is 75.1. The van der Waals surface area contributed by atoms with Crippen molar-refractivity contribution in [3.05, 3.63) is 122 Å². The number of phosphoric ester groups is 1. The molecule has 0 fully saturated rings. The average molecular weight is 993 g/mol. The van der Waals surface area contributed by atoms with Crippen LogP contribution in [0, 0.1) is 0 Å². The van der Waals surface area contributed by atoms with Crippen LogP contribution in [0.4, 0.5) is 0 Å². The fourth-order valence-electron chi connectivity index (χ4n) is 7.36. The molecule has 0 bridgehead atoms. The van der Waals surface area contributed by atoms with Crippen LogP contribution in [0.2, 0.25) is 0 Å². The van der Waals surface area contributed by atoms with Crippen LogP contribution in [0.3, 0.4) is 0 Å². The summed E-state index contributed by atoms with van der Waals surface area (Å²) in [4.78, 5) is 25.5. The summed E-state index contributed by atoms with van der Waals surface area (Å²) in [7, 11) is 1.26. The van der Waals surface area contributed by atoms with Crippen LogP contribution in [0.5, 0.6) is 0 Å². The molecule has 0 rings (SSSR count). The van der Waals surface area contributed by atoms with Crippen LogP contribution in [0.25, 0.3) is 0 Å². The molecule has 0 aliphatic heterocycles. The summed E-state index contributed by atoms with van der Waals surface area (Å²) in [6, 6.07) is -0.833. The molecular formula is C61H105N2O6P. The summed E-state index contributed by atoms with van der Waals surface area (Å²) < 4.78 is 23.3. The molecule has 70 heavy (non-hydrogen) atoms. The number of unbranched alkanes of at least 4 members (excludes halogenated alkanes) is 16. The molecule has 0 aromatic rings. The smallest absolute Gasteiger partial charge is 0.268 e. The molecule has 1 amide bonds. The van der Waals surface area contributed by atoms with Crippen molar-refractivity contribution in [3.8, 4) is 0 Å². The van der Waals surface area contributed by atoms with Gasteiger partial charge >= 0.3 is 0 Å². The van der Waals surface area contributed by atoms with Crippen molar-refractivity contribution in [1.29, 1.82) is 0 Å². The molecule has 0 aromatic heterocycles. The van der Waals surface area contributed by atoms with Gasteiger partial charge in [-0.3, -0.25) is 9.36 Å². The Morgan fingerprint density at radius 2 is 0.871 bits per heavy atom. The highest BCUT2D eigenvalue weighted by molar-refractivity contribution is 7.45. The van der Waals surface area contributed by atoms with E-state index in [9.17, 15) is 19.4 Å². The van der Waals surface area contributed by atoms with Crippen molar-refractivity contribution in [2.45, 2.75) is 219 Å². The lowest BCUT2D eigenvalue weighted by molar-refractivity contribution is -0.870. The fourth-order valence-corrected chi connectivity index (χ4v) is 8.08. The molecule has 0 aliphatic rings. The molecule has 2 N–H and O–H groups in total. The van der Waals surface area contributed by atoms with Gasteiger partial charge in [0.15, 0.2) is 0 Å². The van der Waals surface area contributed by atoms with Gasteiger partial charge in [-0.15, -0.1) is 0 Å². The Bertz CT molecular complexity index is 1550. The number of nitrogens with zero attached hydrogens (tertiary/aromatic N) is 1. The zero-order valence-electron chi connectivity index (χ0n) is 45.4. The van der Waals surface area contributed by atoms with Crippen LogP contribution in [0.15, 0.2) is 122 Å². The number of aliphatic hydroxyl groups excluding tert-OH is 1. The van der Waals surface area contributed by atoms with Crippen molar-refractivity contribution < 1.29 is 32.9 Å². The Labute approximate surface area is 431 Å². The molecule has 0 heterocycles. The van der Waals surface area contributed by atoms with E-state index in [-0.39, 0.29) is 19.1 Å². The minimum Gasteiger partial charge on any atom is -0.756 e. The number of hydrogen-bond donors (Lipinski definition) is 2. The molecule has 0 radical (unpaired) electrons. The van der Waals surface area contributed by atoms with Gasteiger partial charge < -0.3 is 28.8 Å². The van der Waals surface area contributed by atoms with Crippen molar-refractivity contribution in [1.82, 2.24) is 5.32 Å². The number of nitrogens with one attached hydrogen (secondary N) is 1. The van der Waals surface area contributed by atoms with Gasteiger partial charge in [0.05, 0.1) is 39.9 Å². The number of rotatable bonds is 49. The zero-order chi connectivity index (χ0) is 51.3. The number of hydrogen-bond acceptors (Lipinski definition) is 6. The molecular weight excluding hydrogens is 888 g/mol. The molecule has 3 unspecified atom stereocenters. The monoisotopic (exact) mass is 993 g/mol. The highest BCUT2D eigenvalue weighted by Gasteiger charge is 2.24. The van der Waals surface area contributed by atoms with E-state index in [4.69, 9.17) is 9.05 Å². The summed E-state index contributed by atoms with van der Waals surface area (Å²) in [5.41, 5.74) is 0. The SMILES string of the molecule is CC/C=C\C/C=C\C/C=C\C/C=C\C/C=C\C/C=C\C/C=C\C/C=C\C/C=C\C/C=C\CCCCC(=O)NC(COP(=O)([O-])OCC[N+](C)(C)C)C(O)CCCCCCCCCCCCCCCCC. The number of carbonyl (C=O) groups is 1. The number of amides is 1. The van der Waals surface area contributed by atoms with E-state index >= 15 is 0 Å². The first-order valence-electron chi connectivity index (χ1n) is 27.9. The quantitative estimate of drug-likeness (QED) is 0.0272. The second-order valence-electron chi connectivity index (χ2n) is 19.6. The summed E-state index contributed by atoms with van der Waals surface area (Å²) >= 11 is 0. The molecule has 0 saturated heterocycles. The van der Waals surface area contributed by atoms with Gasteiger partial charge in [0.25, 0.3) is 7.82 Å². The van der Waals surface area contributed by atoms with Crippen LogP contribution in [0.1, 0.15) is 206 Å².